The zero-order valence-electron chi connectivity index (χ0n) is 32.7. The van der Waals surface area contributed by atoms with Gasteiger partial charge in [-0.3, -0.25) is 0 Å². The number of halogens is 4. The van der Waals surface area contributed by atoms with Crippen LogP contribution in [0.15, 0.2) is 156 Å². The molecule has 0 spiro atoms. The SMILES string of the molecule is COc1cccc(OC)c1/C1=C2\C=CC(=N2)/C(c2c(Br)cccc2Br)=c2/cc/c([nH]2)=C(\c2c(OC)cccc2OC)C2C=C/C(=C(\c3c(Br)cccc3Br)c3ccc1[nH]3)N2. The number of benzene rings is 4. The van der Waals surface area contributed by atoms with Crippen LogP contribution < -0.4 is 35.0 Å². The predicted molar refractivity (Wildman–Crippen MR) is 253 cm³/mol. The highest BCUT2D eigenvalue weighted by molar-refractivity contribution is 9.11. The predicted octanol–water partition coefficient (Wildman–Crippen LogP) is 10.6. The van der Waals surface area contributed by atoms with Gasteiger partial charge in [-0.1, -0.05) is 94.1 Å². The summed E-state index contributed by atoms with van der Waals surface area (Å²) in [7, 11) is 6.71. The smallest absolute Gasteiger partial charge is 0.130 e. The van der Waals surface area contributed by atoms with Gasteiger partial charge in [0.25, 0.3) is 0 Å². The van der Waals surface area contributed by atoms with Crippen LogP contribution in [-0.4, -0.2) is 50.2 Å². The van der Waals surface area contributed by atoms with Crippen molar-refractivity contribution in [2.45, 2.75) is 6.04 Å². The summed E-state index contributed by atoms with van der Waals surface area (Å²) in [6.07, 6.45) is 8.44. The van der Waals surface area contributed by atoms with Crippen LogP contribution in [0.25, 0.3) is 22.3 Å². The van der Waals surface area contributed by atoms with Crippen LogP contribution in [0, 0.1) is 0 Å². The molecule has 8 bridgehead atoms. The first-order valence-electron chi connectivity index (χ1n) is 18.9. The van der Waals surface area contributed by atoms with Gasteiger partial charge >= 0.3 is 0 Å². The molecule has 0 amide bonds. The van der Waals surface area contributed by atoms with Crippen molar-refractivity contribution in [2.75, 3.05) is 28.4 Å². The fourth-order valence-electron chi connectivity index (χ4n) is 8.17. The monoisotopic (exact) mass is 1050 g/mol. The summed E-state index contributed by atoms with van der Waals surface area (Å²) in [5.41, 5.74) is 11.2. The maximum Gasteiger partial charge on any atom is 0.130 e. The Bertz CT molecular complexity index is 2940. The number of aromatic nitrogens is 2. The van der Waals surface area contributed by atoms with Gasteiger partial charge in [-0.2, -0.15) is 0 Å². The van der Waals surface area contributed by atoms with Gasteiger partial charge in [-0.25, -0.2) is 4.99 Å². The van der Waals surface area contributed by atoms with E-state index >= 15 is 0 Å². The molecule has 5 heterocycles. The second kappa shape index (κ2) is 16.6. The molecule has 0 fully saturated rings. The molecule has 8 nitrogen and oxygen atoms in total. The number of hydrogen-bond acceptors (Lipinski definition) is 6. The van der Waals surface area contributed by atoms with Gasteiger partial charge in [-0.05, 0) is 91.0 Å². The average Bonchev–Trinajstić information content (AvgIpc) is 4.10. The maximum atomic E-state index is 6.05. The van der Waals surface area contributed by atoms with E-state index in [2.05, 4.69) is 140 Å². The minimum absolute atomic E-state index is 0.322. The van der Waals surface area contributed by atoms with E-state index in [9.17, 15) is 0 Å². The second-order valence-corrected chi connectivity index (χ2v) is 17.4. The highest BCUT2D eigenvalue weighted by Crippen LogP contribution is 2.45. The van der Waals surface area contributed by atoms with Crippen LogP contribution >= 0.6 is 63.7 Å². The van der Waals surface area contributed by atoms with Crippen molar-refractivity contribution in [2.24, 2.45) is 4.99 Å². The Morgan fingerprint density at radius 2 is 0.983 bits per heavy atom. The number of allylic oxidation sites excluding steroid dienone is 3. The Hall–Kier alpha value is -5.27. The molecule has 9 rings (SSSR count). The lowest BCUT2D eigenvalue weighted by Crippen LogP contribution is -2.30. The molecular weight excluding hydrogens is 1020 g/mol. The van der Waals surface area contributed by atoms with Crippen molar-refractivity contribution in [3.8, 4) is 23.0 Å². The van der Waals surface area contributed by atoms with Gasteiger partial charge in [0, 0.05) is 79.1 Å². The molecule has 300 valence electrons. The molecule has 3 aliphatic rings. The number of ether oxygens (including phenoxy) is 4. The molecule has 0 aliphatic carbocycles. The number of H-pyrrole nitrogens is 2. The first kappa shape index (κ1) is 40.2. The van der Waals surface area contributed by atoms with E-state index in [-0.39, 0.29) is 6.04 Å². The number of aliphatic imine (C=N–C) groups is 1. The normalized spacial score (nSPS) is 19.9. The molecule has 60 heavy (non-hydrogen) atoms. The van der Waals surface area contributed by atoms with E-state index in [0.717, 1.165) is 102 Å². The lowest BCUT2D eigenvalue weighted by atomic mass is 9.96. The van der Waals surface area contributed by atoms with Crippen molar-refractivity contribution in [3.05, 3.63) is 195 Å². The fraction of sp³-hybridized carbons (Fsp3) is 0.104. The summed E-state index contributed by atoms with van der Waals surface area (Å²) >= 11 is 15.6. The third-order valence-electron chi connectivity index (χ3n) is 10.8. The molecule has 6 aromatic rings. The topological polar surface area (TPSA) is 92.9 Å². The third kappa shape index (κ3) is 6.93. The minimum Gasteiger partial charge on any atom is -0.496 e. The molecule has 1 atom stereocenters. The molecule has 3 N–H and O–H groups in total. The van der Waals surface area contributed by atoms with Crippen molar-refractivity contribution in [3.63, 3.8) is 0 Å². The molecule has 0 radical (unpaired) electrons. The van der Waals surface area contributed by atoms with Gasteiger partial charge in [-0.15, -0.1) is 0 Å². The van der Waals surface area contributed by atoms with Crippen molar-refractivity contribution in [1.82, 2.24) is 15.3 Å². The number of methoxy groups -OCH3 is 4. The molecule has 1 unspecified atom stereocenters. The first-order chi connectivity index (χ1) is 29.2. The van der Waals surface area contributed by atoms with E-state index in [0.29, 0.717) is 23.0 Å². The van der Waals surface area contributed by atoms with Crippen LogP contribution in [0.1, 0.15) is 33.6 Å². The summed E-state index contributed by atoms with van der Waals surface area (Å²) in [4.78, 5) is 13.2. The van der Waals surface area contributed by atoms with Crippen molar-refractivity contribution >= 4 is 91.7 Å². The van der Waals surface area contributed by atoms with Gasteiger partial charge in [0.1, 0.15) is 23.0 Å². The Labute approximate surface area is 380 Å². The Balaban J connectivity index is 1.46. The Morgan fingerprint density at radius 3 is 1.55 bits per heavy atom. The van der Waals surface area contributed by atoms with Gasteiger partial charge in [0.05, 0.1) is 57.0 Å². The number of aromatic amines is 2. The van der Waals surface area contributed by atoms with E-state index in [1.807, 2.05) is 60.7 Å². The van der Waals surface area contributed by atoms with Gasteiger partial charge < -0.3 is 34.2 Å². The van der Waals surface area contributed by atoms with Crippen LogP contribution in [0.3, 0.4) is 0 Å². The summed E-state index contributed by atoms with van der Waals surface area (Å²) in [6.45, 7) is 0. The van der Waals surface area contributed by atoms with E-state index in [1.165, 1.54) is 0 Å². The summed E-state index contributed by atoms with van der Waals surface area (Å²) < 4.78 is 27.8. The van der Waals surface area contributed by atoms with Crippen molar-refractivity contribution < 1.29 is 18.9 Å². The zero-order chi connectivity index (χ0) is 41.7. The standard InChI is InChI=1S/C48H36Br4N4O4/c1-57-37-13-7-14-38(58-2)47(37)45-33-21-17-29(53-33)43(41-25(49)9-5-10-26(41)50)31-19-23-35(55-31)46(48-39(59-3)15-8-16-40(48)60-4)36-24-20-32(56-36)44(30-18-22-34(45)54-30)42-27(51)11-6-12-28(42)52/h5-24,33,53-55H,1-4H3/b43-29+,44-30+,45-34+,46-36+. The second-order valence-electron chi connectivity index (χ2n) is 14.0. The first-order valence-corrected chi connectivity index (χ1v) is 22.1. The quantitative estimate of drug-likeness (QED) is 0.141. The van der Waals surface area contributed by atoms with Crippen molar-refractivity contribution in [1.29, 1.82) is 0 Å². The lowest BCUT2D eigenvalue weighted by molar-refractivity contribution is 0.391. The Kier molecular flexibility index (Phi) is 11.1. The molecule has 3 aliphatic heterocycles. The molecule has 0 saturated heterocycles. The van der Waals surface area contributed by atoms with Crippen LogP contribution in [0.5, 0.6) is 23.0 Å². The molecule has 4 aromatic carbocycles. The van der Waals surface area contributed by atoms with E-state index in [4.69, 9.17) is 23.9 Å². The number of nitrogens with zero attached hydrogens (tertiary/aromatic N) is 1. The maximum absolute atomic E-state index is 6.05. The minimum atomic E-state index is -0.322. The van der Waals surface area contributed by atoms with E-state index in [1.54, 1.807) is 28.4 Å². The third-order valence-corrected chi connectivity index (χ3v) is 13.4. The van der Waals surface area contributed by atoms with Crippen LogP contribution in [0.4, 0.5) is 0 Å². The summed E-state index contributed by atoms with van der Waals surface area (Å²) in [5.74, 6) is 2.66. The van der Waals surface area contributed by atoms with Gasteiger partial charge in [0.2, 0.25) is 0 Å². The molecule has 0 saturated carbocycles. The lowest BCUT2D eigenvalue weighted by Gasteiger charge is -2.22. The summed E-state index contributed by atoms with van der Waals surface area (Å²) in [6, 6.07) is 32.0. The number of hydrogen-bond donors (Lipinski definition) is 3. The largest absolute Gasteiger partial charge is 0.496 e. The molecular formula is C48H36Br4N4O4. The number of rotatable bonds is 8. The van der Waals surface area contributed by atoms with Crippen LogP contribution in [-0.2, 0) is 0 Å². The number of nitrogens with one attached hydrogen (secondary N) is 3. The highest BCUT2D eigenvalue weighted by atomic mass is 79.9. The highest BCUT2D eigenvalue weighted by Gasteiger charge is 2.31. The molecule has 2 aromatic heterocycles. The van der Waals surface area contributed by atoms with E-state index < -0.39 is 0 Å². The molecule has 12 heteroatoms. The van der Waals surface area contributed by atoms with Gasteiger partial charge in [0.15, 0.2) is 0 Å². The zero-order valence-corrected chi connectivity index (χ0v) is 39.1. The average molecular weight is 1050 g/mol. The van der Waals surface area contributed by atoms with Crippen LogP contribution in [0.2, 0.25) is 0 Å². The fourth-order valence-corrected chi connectivity index (χ4v) is 11.0. The number of fused-ring (bicyclic) bond motifs is 7. The summed E-state index contributed by atoms with van der Waals surface area (Å²) in [5, 5.41) is 5.65. The Morgan fingerprint density at radius 1 is 0.483 bits per heavy atom.